The molecule has 1 aliphatic heterocycles. The van der Waals surface area contributed by atoms with Crippen LogP contribution in [-0.2, 0) is 9.59 Å². The van der Waals surface area contributed by atoms with Crippen molar-refractivity contribution in [3.63, 3.8) is 0 Å². The summed E-state index contributed by atoms with van der Waals surface area (Å²) in [4.78, 5) is 23.8. The highest BCUT2D eigenvalue weighted by Crippen LogP contribution is 2.18. The molecule has 1 unspecified atom stereocenters. The number of carboxylic acid groups (broad SMARTS) is 1. The molecule has 1 rings (SSSR count). The van der Waals surface area contributed by atoms with Gasteiger partial charge in [0.25, 0.3) is 0 Å². The summed E-state index contributed by atoms with van der Waals surface area (Å²) in [6, 6.07) is 0. The first-order chi connectivity index (χ1) is 7.15. The minimum absolute atomic E-state index is 0.00782. The van der Waals surface area contributed by atoms with Crippen LogP contribution in [0, 0.1) is 5.92 Å². The zero-order valence-electron chi connectivity index (χ0n) is 8.94. The van der Waals surface area contributed by atoms with Crippen molar-refractivity contribution in [3.8, 4) is 0 Å². The molecule has 0 aromatic carbocycles. The van der Waals surface area contributed by atoms with Gasteiger partial charge in [0.05, 0.1) is 5.92 Å². The highest BCUT2D eigenvalue weighted by molar-refractivity contribution is 7.98. The van der Waals surface area contributed by atoms with Crippen LogP contribution >= 0.6 is 11.8 Å². The minimum Gasteiger partial charge on any atom is -0.481 e. The topological polar surface area (TPSA) is 57.6 Å². The van der Waals surface area contributed by atoms with Crippen LogP contribution in [0.3, 0.4) is 0 Å². The van der Waals surface area contributed by atoms with Gasteiger partial charge in [-0.25, -0.2) is 0 Å². The monoisotopic (exact) mass is 231 g/mol. The van der Waals surface area contributed by atoms with E-state index in [-0.39, 0.29) is 12.3 Å². The van der Waals surface area contributed by atoms with Crippen molar-refractivity contribution >= 4 is 23.6 Å². The number of amides is 1. The van der Waals surface area contributed by atoms with E-state index in [0.29, 0.717) is 13.1 Å². The predicted molar refractivity (Wildman–Crippen MR) is 59.9 cm³/mol. The summed E-state index contributed by atoms with van der Waals surface area (Å²) in [6.07, 6.45) is 4.29. The molecule has 0 spiro atoms. The normalized spacial score (nSPS) is 21.0. The smallest absolute Gasteiger partial charge is 0.308 e. The molecular formula is C10H17NO3S. The summed E-state index contributed by atoms with van der Waals surface area (Å²) >= 11 is 1.79. The van der Waals surface area contributed by atoms with E-state index in [1.165, 1.54) is 0 Å². The Morgan fingerprint density at radius 3 is 2.87 bits per heavy atom. The lowest BCUT2D eigenvalue weighted by Crippen LogP contribution is -2.27. The number of unbranched alkanes of at least 4 members (excludes halogenated alkanes) is 1. The van der Waals surface area contributed by atoms with Crippen molar-refractivity contribution in [1.82, 2.24) is 4.90 Å². The third-order valence-corrected chi connectivity index (χ3v) is 3.29. The molecule has 1 saturated heterocycles. The Morgan fingerprint density at radius 1 is 1.60 bits per heavy atom. The Bertz CT molecular complexity index is 245. The Hall–Kier alpha value is -0.710. The van der Waals surface area contributed by atoms with Crippen LogP contribution in [0.25, 0.3) is 0 Å². The number of carboxylic acids is 1. The number of thioether (sulfide) groups is 1. The fraction of sp³-hybridized carbons (Fsp3) is 0.800. The molecule has 0 bridgehead atoms. The first kappa shape index (κ1) is 12.4. The van der Waals surface area contributed by atoms with E-state index in [1.807, 2.05) is 0 Å². The van der Waals surface area contributed by atoms with Crippen LogP contribution < -0.4 is 0 Å². The van der Waals surface area contributed by atoms with Crippen LogP contribution in [0.15, 0.2) is 0 Å². The first-order valence-electron chi connectivity index (χ1n) is 5.14. The molecule has 1 amide bonds. The lowest BCUT2D eigenvalue weighted by molar-refractivity contribution is -0.141. The summed E-state index contributed by atoms with van der Waals surface area (Å²) in [5.41, 5.74) is 0. The van der Waals surface area contributed by atoms with E-state index in [2.05, 4.69) is 6.26 Å². The summed E-state index contributed by atoms with van der Waals surface area (Å²) < 4.78 is 0. The number of carbonyl (C=O) groups is 2. The number of hydrogen-bond donors (Lipinski definition) is 1. The molecule has 86 valence electrons. The number of likely N-dealkylation sites (tertiary alicyclic amines) is 1. The number of aliphatic carboxylic acids is 1. The SMILES string of the molecule is CSCCCCN1CC(C(=O)O)CC1=O. The Kier molecular flexibility index (Phi) is 4.94. The molecule has 4 nitrogen and oxygen atoms in total. The van der Waals surface area contributed by atoms with Gasteiger partial charge in [-0.2, -0.15) is 11.8 Å². The molecule has 0 saturated carbocycles. The Balaban J connectivity index is 2.25. The van der Waals surface area contributed by atoms with Gasteiger partial charge in [0, 0.05) is 19.5 Å². The predicted octanol–water partition coefficient (Wildman–Crippen LogP) is 1.06. The van der Waals surface area contributed by atoms with Gasteiger partial charge in [-0.3, -0.25) is 9.59 Å². The zero-order chi connectivity index (χ0) is 11.3. The van der Waals surface area contributed by atoms with Gasteiger partial charge in [0.2, 0.25) is 5.91 Å². The maximum absolute atomic E-state index is 11.4. The molecule has 1 fully saturated rings. The van der Waals surface area contributed by atoms with Gasteiger partial charge >= 0.3 is 5.97 Å². The minimum atomic E-state index is -0.852. The summed E-state index contributed by atoms with van der Waals surface area (Å²) in [6.45, 7) is 1.11. The van der Waals surface area contributed by atoms with Crippen molar-refractivity contribution in [3.05, 3.63) is 0 Å². The van der Waals surface area contributed by atoms with Gasteiger partial charge in [0.1, 0.15) is 0 Å². The van der Waals surface area contributed by atoms with Gasteiger partial charge in [-0.1, -0.05) is 0 Å². The van der Waals surface area contributed by atoms with Crippen LogP contribution in [0.4, 0.5) is 0 Å². The fourth-order valence-corrected chi connectivity index (χ4v) is 2.20. The second kappa shape index (κ2) is 6.00. The van der Waals surface area contributed by atoms with Crippen LogP contribution in [0.1, 0.15) is 19.3 Å². The highest BCUT2D eigenvalue weighted by Gasteiger charge is 2.33. The second-order valence-electron chi connectivity index (χ2n) is 3.78. The Morgan fingerprint density at radius 2 is 2.33 bits per heavy atom. The first-order valence-corrected chi connectivity index (χ1v) is 6.54. The quantitative estimate of drug-likeness (QED) is 0.695. The van der Waals surface area contributed by atoms with Crippen molar-refractivity contribution in [1.29, 1.82) is 0 Å². The van der Waals surface area contributed by atoms with Gasteiger partial charge < -0.3 is 10.0 Å². The van der Waals surface area contributed by atoms with E-state index in [9.17, 15) is 9.59 Å². The molecule has 0 aromatic rings. The second-order valence-corrected chi connectivity index (χ2v) is 4.76. The van der Waals surface area contributed by atoms with Gasteiger partial charge in [-0.15, -0.1) is 0 Å². The number of hydrogen-bond acceptors (Lipinski definition) is 3. The number of carbonyl (C=O) groups excluding carboxylic acids is 1. The largest absolute Gasteiger partial charge is 0.481 e. The number of rotatable bonds is 6. The summed E-state index contributed by atoms with van der Waals surface area (Å²) in [7, 11) is 0. The number of nitrogens with zero attached hydrogens (tertiary/aromatic N) is 1. The average molecular weight is 231 g/mol. The summed E-state index contributed by atoms with van der Waals surface area (Å²) in [5, 5.41) is 8.78. The van der Waals surface area contributed by atoms with Gasteiger partial charge in [-0.05, 0) is 24.9 Å². The van der Waals surface area contributed by atoms with Crippen molar-refractivity contribution in [2.24, 2.45) is 5.92 Å². The maximum atomic E-state index is 11.4. The van der Waals surface area contributed by atoms with E-state index < -0.39 is 11.9 Å². The summed E-state index contributed by atoms with van der Waals surface area (Å²) in [5.74, 6) is -0.246. The highest BCUT2D eigenvalue weighted by atomic mass is 32.2. The van der Waals surface area contributed by atoms with E-state index >= 15 is 0 Å². The molecule has 5 heteroatoms. The van der Waals surface area contributed by atoms with E-state index in [1.54, 1.807) is 16.7 Å². The lowest BCUT2D eigenvalue weighted by Gasteiger charge is -2.15. The molecule has 0 radical (unpaired) electrons. The molecule has 1 atom stereocenters. The van der Waals surface area contributed by atoms with Crippen molar-refractivity contribution < 1.29 is 14.7 Å². The molecule has 1 heterocycles. The molecule has 0 aliphatic carbocycles. The maximum Gasteiger partial charge on any atom is 0.308 e. The molecule has 1 N–H and O–H groups in total. The standard InChI is InChI=1S/C10H17NO3S/c1-15-5-3-2-4-11-7-8(10(13)14)6-9(11)12/h8H,2-7H2,1H3,(H,13,14). The van der Waals surface area contributed by atoms with E-state index in [0.717, 1.165) is 18.6 Å². The third kappa shape index (κ3) is 3.74. The van der Waals surface area contributed by atoms with Gasteiger partial charge in [0.15, 0.2) is 0 Å². The fourth-order valence-electron chi connectivity index (χ4n) is 1.70. The van der Waals surface area contributed by atoms with E-state index in [4.69, 9.17) is 5.11 Å². The molecule has 15 heavy (non-hydrogen) atoms. The third-order valence-electron chi connectivity index (χ3n) is 2.59. The molecule has 0 aromatic heterocycles. The van der Waals surface area contributed by atoms with Crippen molar-refractivity contribution in [2.75, 3.05) is 25.1 Å². The Labute approximate surface area is 94.0 Å². The van der Waals surface area contributed by atoms with Crippen molar-refractivity contribution in [2.45, 2.75) is 19.3 Å². The van der Waals surface area contributed by atoms with Crippen LogP contribution in [0.2, 0.25) is 0 Å². The van der Waals surface area contributed by atoms with Crippen LogP contribution in [-0.4, -0.2) is 47.0 Å². The molecule has 1 aliphatic rings. The van der Waals surface area contributed by atoms with Crippen LogP contribution in [0.5, 0.6) is 0 Å². The molecular weight excluding hydrogens is 214 g/mol. The zero-order valence-corrected chi connectivity index (χ0v) is 9.76. The lowest BCUT2D eigenvalue weighted by atomic mass is 10.1. The average Bonchev–Trinajstić information content (AvgIpc) is 2.55.